The molecule has 1 amide bonds. The maximum absolute atomic E-state index is 12.1. The van der Waals surface area contributed by atoms with Crippen LogP contribution in [-0.4, -0.2) is 28.2 Å². The fourth-order valence-electron chi connectivity index (χ4n) is 3.27. The third-order valence-corrected chi connectivity index (χ3v) is 4.66. The molecule has 1 aliphatic rings. The summed E-state index contributed by atoms with van der Waals surface area (Å²) >= 11 is 0. The summed E-state index contributed by atoms with van der Waals surface area (Å²) in [5, 5.41) is 5.73. The molecule has 1 aromatic heterocycles. The molecule has 2 heterocycles. The molecule has 0 bridgehead atoms. The van der Waals surface area contributed by atoms with Crippen LogP contribution in [0.2, 0.25) is 0 Å². The monoisotopic (exact) mass is 362 g/mol. The summed E-state index contributed by atoms with van der Waals surface area (Å²) in [5.41, 5.74) is 0.623. The second-order valence-corrected chi connectivity index (χ2v) is 7.42. The second-order valence-electron chi connectivity index (χ2n) is 7.42. The number of hydrogen-bond acceptors (Lipinski definition) is 5. The first-order valence-electron chi connectivity index (χ1n) is 9.00. The first kappa shape index (κ1) is 17.3. The molecule has 1 N–H and O–H groups in total. The van der Waals surface area contributed by atoms with Crippen LogP contribution in [0.15, 0.2) is 54.7 Å². The molecular formula is C21H22N4O2. The SMILES string of the molecule is CC(Nc1nccc(N2CC(C)(C)OC2=O)n1)c1ccc2ccccc2c1. The summed E-state index contributed by atoms with van der Waals surface area (Å²) in [7, 11) is 0. The summed E-state index contributed by atoms with van der Waals surface area (Å²) in [6.45, 7) is 6.29. The third kappa shape index (κ3) is 3.56. The van der Waals surface area contributed by atoms with Crippen LogP contribution in [-0.2, 0) is 4.74 Å². The van der Waals surface area contributed by atoms with Crippen molar-refractivity contribution in [3.05, 3.63) is 60.3 Å². The van der Waals surface area contributed by atoms with Crippen molar-refractivity contribution in [3.8, 4) is 0 Å². The van der Waals surface area contributed by atoms with E-state index in [1.807, 2.05) is 26.0 Å². The van der Waals surface area contributed by atoms with Gasteiger partial charge in [0.05, 0.1) is 12.6 Å². The topological polar surface area (TPSA) is 67.3 Å². The van der Waals surface area contributed by atoms with Gasteiger partial charge in [-0.2, -0.15) is 4.98 Å². The summed E-state index contributed by atoms with van der Waals surface area (Å²) in [6.07, 6.45) is 1.27. The summed E-state index contributed by atoms with van der Waals surface area (Å²) in [6, 6.07) is 16.4. The third-order valence-electron chi connectivity index (χ3n) is 4.66. The molecule has 1 atom stereocenters. The molecule has 1 unspecified atom stereocenters. The van der Waals surface area contributed by atoms with Gasteiger partial charge in [-0.25, -0.2) is 9.78 Å². The average molecular weight is 362 g/mol. The zero-order valence-corrected chi connectivity index (χ0v) is 15.6. The molecule has 0 aliphatic carbocycles. The Labute approximate surface area is 158 Å². The number of nitrogens with one attached hydrogen (secondary N) is 1. The zero-order valence-electron chi connectivity index (χ0n) is 15.6. The number of ether oxygens (including phenoxy) is 1. The van der Waals surface area contributed by atoms with E-state index in [4.69, 9.17) is 4.74 Å². The maximum atomic E-state index is 12.1. The highest BCUT2D eigenvalue weighted by molar-refractivity contribution is 5.89. The van der Waals surface area contributed by atoms with Gasteiger partial charge < -0.3 is 10.1 Å². The van der Waals surface area contributed by atoms with E-state index in [0.29, 0.717) is 18.3 Å². The minimum absolute atomic E-state index is 0.0202. The number of cyclic esters (lactones) is 1. The fourth-order valence-corrected chi connectivity index (χ4v) is 3.27. The summed E-state index contributed by atoms with van der Waals surface area (Å²) < 4.78 is 5.35. The van der Waals surface area contributed by atoms with E-state index in [0.717, 1.165) is 5.56 Å². The smallest absolute Gasteiger partial charge is 0.416 e. The van der Waals surface area contributed by atoms with Gasteiger partial charge in [-0.3, -0.25) is 4.90 Å². The number of carbonyl (C=O) groups is 1. The number of carbonyl (C=O) groups excluding carboxylic acids is 1. The number of fused-ring (bicyclic) bond motifs is 1. The van der Waals surface area contributed by atoms with Gasteiger partial charge >= 0.3 is 6.09 Å². The number of aromatic nitrogens is 2. The van der Waals surface area contributed by atoms with Gasteiger partial charge in [0.2, 0.25) is 5.95 Å². The molecule has 6 heteroatoms. The van der Waals surface area contributed by atoms with Crippen molar-refractivity contribution in [2.75, 3.05) is 16.8 Å². The van der Waals surface area contributed by atoms with E-state index < -0.39 is 5.60 Å². The minimum atomic E-state index is -0.520. The van der Waals surface area contributed by atoms with E-state index in [1.165, 1.54) is 15.7 Å². The lowest BCUT2D eigenvalue weighted by molar-refractivity contribution is 0.0871. The van der Waals surface area contributed by atoms with Gasteiger partial charge in [0.15, 0.2) is 0 Å². The Hall–Kier alpha value is -3.15. The number of hydrogen-bond donors (Lipinski definition) is 1. The average Bonchev–Trinajstić information content (AvgIpc) is 2.94. The van der Waals surface area contributed by atoms with Gasteiger partial charge in [0, 0.05) is 6.20 Å². The number of benzene rings is 2. The first-order valence-corrected chi connectivity index (χ1v) is 9.00. The molecule has 0 saturated carbocycles. The van der Waals surface area contributed by atoms with Crippen molar-refractivity contribution in [3.63, 3.8) is 0 Å². The molecule has 2 aromatic carbocycles. The Kier molecular flexibility index (Phi) is 4.18. The van der Waals surface area contributed by atoms with Crippen LogP contribution < -0.4 is 10.2 Å². The molecule has 0 radical (unpaired) electrons. The number of nitrogens with zero attached hydrogens (tertiary/aromatic N) is 3. The minimum Gasteiger partial charge on any atom is -0.441 e. The predicted octanol–water partition coefficient (Wildman–Crippen LogP) is 4.54. The number of amides is 1. The van der Waals surface area contributed by atoms with Crippen LogP contribution >= 0.6 is 0 Å². The number of rotatable bonds is 4. The number of anilines is 2. The van der Waals surface area contributed by atoms with Crippen molar-refractivity contribution in [2.24, 2.45) is 0 Å². The van der Waals surface area contributed by atoms with Crippen molar-refractivity contribution >= 4 is 28.6 Å². The highest BCUT2D eigenvalue weighted by atomic mass is 16.6. The Morgan fingerprint density at radius 2 is 1.93 bits per heavy atom. The van der Waals surface area contributed by atoms with E-state index in [9.17, 15) is 4.79 Å². The molecule has 1 fully saturated rings. The van der Waals surface area contributed by atoms with Crippen molar-refractivity contribution < 1.29 is 9.53 Å². The van der Waals surface area contributed by atoms with Crippen LogP contribution in [0, 0.1) is 0 Å². The molecule has 138 valence electrons. The van der Waals surface area contributed by atoms with Gasteiger partial charge in [0.1, 0.15) is 11.4 Å². The molecule has 3 aromatic rings. The lowest BCUT2D eigenvalue weighted by atomic mass is 10.0. The molecule has 6 nitrogen and oxygen atoms in total. The molecule has 4 rings (SSSR count). The summed E-state index contributed by atoms with van der Waals surface area (Å²) in [4.78, 5) is 22.4. The molecule has 0 spiro atoms. The van der Waals surface area contributed by atoms with Crippen LogP contribution in [0.5, 0.6) is 0 Å². The van der Waals surface area contributed by atoms with Crippen molar-refractivity contribution in [1.82, 2.24) is 9.97 Å². The second kappa shape index (κ2) is 6.54. The van der Waals surface area contributed by atoms with Crippen LogP contribution in [0.4, 0.5) is 16.6 Å². The molecule has 1 saturated heterocycles. The highest BCUT2D eigenvalue weighted by Gasteiger charge is 2.39. The zero-order chi connectivity index (χ0) is 19.0. The van der Waals surface area contributed by atoms with Gasteiger partial charge in [-0.15, -0.1) is 0 Å². The van der Waals surface area contributed by atoms with Crippen LogP contribution in [0.1, 0.15) is 32.4 Å². The van der Waals surface area contributed by atoms with Crippen molar-refractivity contribution in [1.29, 1.82) is 0 Å². The van der Waals surface area contributed by atoms with Gasteiger partial charge in [0.25, 0.3) is 0 Å². The summed E-state index contributed by atoms with van der Waals surface area (Å²) in [5.74, 6) is 1.01. The van der Waals surface area contributed by atoms with Gasteiger partial charge in [-0.05, 0) is 49.2 Å². The molecule has 1 aliphatic heterocycles. The molecular weight excluding hydrogens is 340 g/mol. The normalized spacial score (nSPS) is 17.0. The maximum Gasteiger partial charge on any atom is 0.416 e. The Balaban J connectivity index is 1.54. The van der Waals surface area contributed by atoms with Crippen LogP contribution in [0.25, 0.3) is 10.8 Å². The standard InChI is InChI=1S/C21H22N4O2/c1-14(16-9-8-15-6-4-5-7-17(15)12-16)23-19-22-11-10-18(24-19)25-13-21(2,3)27-20(25)26/h4-12,14H,13H2,1-3H3,(H,22,23,24). The van der Waals surface area contributed by atoms with E-state index in [-0.39, 0.29) is 12.1 Å². The van der Waals surface area contributed by atoms with Gasteiger partial charge in [-0.1, -0.05) is 36.4 Å². The fraction of sp³-hybridized carbons (Fsp3) is 0.286. The quantitative estimate of drug-likeness (QED) is 0.738. The van der Waals surface area contributed by atoms with E-state index >= 15 is 0 Å². The highest BCUT2D eigenvalue weighted by Crippen LogP contribution is 2.27. The Morgan fingerprint density at radius 1 is 1.15 bits per heavy atom. The molecule has 27 heavy (non-hydrogen) atoms. The van der Waals surface area contributed by atoms with Crippen LogP contribution in [0.3, 0.4) is 0 Å². The van der Waals surface area contributed by atoms with E-state index in [1.54, 1.807) is 12.3 Å². The first-order chi connectivity index (χ1) is 12.9. The lowest BCUT2D eigenvalue weighted by Gasteiger charge is -2.17. The Bertz CT molecular complexity index is 1000. The Morgan fingerprint density at radius 3 is 2.67 bits per heavy atom. The van der Waals surface area contributed by atoms with Crippen molar-refractivity contribution in [2.45, 2.75) is 32.4 Å². The van der Waals surface area contributed by atoms with E-state index in [2.05, 4.69) is 52.5 Å². The lowest BCUT2D eigenvalue weighted by Crippen LogP contribution is -2.29. The predicted molar refractivity (Wildman–Crippen MR) is 106 cm³/mol. The largest absolute Gasteiger partial charge is 0.441 e.